The van der Waals surface area contributed by atoms with E-state index in [1.807, 2.05) is 0 Å². The van der Waals surface area contributed by atoms with Gasteiger partial charge in [0.05, 0.1) is 12.3 Å². The summed E-state index contributed by atoms with van der Waals surface area (Å²) >= 11 is 0. The number of hydrogen-bond donors (Lipinski definition) is 2. The lowest BCUT2D eigenvalue weighted by Crippen LogP contribution is -2.13. The van der Waals surface area contributed by atoms with Gasteiger partial charge in [0.1, 0.15) is 0 Å². The van der Waals surface area contributed by atoms with Gasteiger partial charge in [-0.3, -0.25) is 9.09 Å². The quantitative estimate of drug-likeness (QED) is 0.749. The first kappa shape index (κ1) is 16.3. The second-order valence-electron chi connectivity index (χ2n) is 5.06. The summed E-state index contributed by atoms with van der Waals surface area (Å²) in [6, 6.07) is 0. The molecule has 0 aromatic heterocycles. The van der Waals surface area contributed by atoms with Crippen LogP contribution in [-0.2, 0) is 18.0 Å². The summed E-state index contributed by atoms with van der Waals surface area (Å²) < 4.78 is 31.7. The van der Waals surface area contributed by atoms with Crippen molar-refractivity contribution in [1.29, 1.82) is 0 Å². The Bertz CT molecular complexity index is 319. The molecule has 0 amide bonds. The molecule has 0 spiro atoms. The maximum absolute atomic E-state index is 11.5. The van der Waals surface area contributed by atoms with Crippen LogP contribution in [0, 0.1) is 5.41 Å². The zero-order valence-corrected chi connectivity index (χ0v) is 12.0. The molecule has 0 saturated heterocycles. The second kappa shape index (κ2) is 5.30. The minimum absolute atomic E-state index is 0.216. The Morgan fingerprint density at radius 1 is 1.19 bits per heavy atom. The molecular formula is C8H20O6P2. The van der Waals surface area contributed by atoms with Crippen molar-refractivity contribution in [3.05, 3.63) is 0 Å². The van der Waals surface area contributed by atoms with Gasteiger partial charge in [-0.25, -0.2) is 8.88 Å². The fourth-order valence-electron chi connectivity index (χ4n) is 1.08. The Morgan fingerprint density at radius 3 is 1.94 bits per heavy atom. The van der Waals surface area contributed by atoms with E-state index in [0.29, 0.717) is 0 Å². The maximum Gasteiger partial charge on any atom is 0.479 e. The van der Waals surface area contributed by atoms with Gasteiger partial charge in [0.25, 0.3) is 0 Å². The van der Waals surface area contributed by atoms with Crippen molar-refractivity contribution < 1.29 is 27.8 Å². The number of phosphoric acid groups is 1. The Hall–Kier alpha value is 0.300. The third-order valence-corrected chi connectivity index (χ3v) is 5.13. The largest absolute Gasteiger partial charge is 0.479 e. The molecule has 2 N–H and O–H groups in total. The molecule has 98 valence electrons. The van der Waals surface area contributed by atoms with E-state index < -0.39 is 26.9 Å². The van der Waals surface area contributed by atoms with Crippen LogP contribution in [0.3, 0.4) is 0 Å². The summed E-state index contributed by atoms with van der Waals surface area (Å²) in [6.45, 7) is 8.23. The van der Waals surface area contributed by atoms with Crippen LogP contribution >= 0.6 is 15.4 Å². The van der Waals surface area contributed by atoms with Gasteiger partial charge in [-0.05, 0) is 19.3 Å². The van der Waals surface area contributed by atoms with E-state index in [9.17, 15) is 18.9 Å². The van der Waals surface area contributed by atoms with E-state index >= 15 is 0 Å². The van der Waals surface area contributed by atoms with Gasteiger partial charge in [0.15, 0.2) is 0 Å². The van der Waals surface area contributed by atoms with Crippen molar-refractivity contribution >= 4 is 15.4 Å². The molecule has 0 aliphatic rings. The van der Waals surface area contributed by atoms with Crippen LogP contribution in [0.25, 0.3) is 0 Å². The molecule has 2 atom stereocenters. The van der Waals surface area contributed by atoms with E-state index in [2.05, 4.69) is 8.83 Å². The zero-order chi connectivity index (χ0) is 13.2. The first-order valence-electron chi connectivity index (χ1n) is 4.87. The monoisotopic (exact) mass is 274 g/mol. The summed E-state index contributed by atoms with van der Waals surface area (Å²) in [4.78, 5) is 18.6. The Labute approximate surface area is 96.1 Å². The maximum atomic E-state index is 11.5. The zero-order valence-electron chi connectivity index (χ0n) is 10.2. The van der Waals surface area contributed by atoms with Crippen LogP contribution in [0.5, 0.6) is 0 Å². The van der Waals surface area contributed by atoms with E-state index in [1.54, 1.807) is 20.8 Å². The van der Waals surface area contributed by atoms with E-state index in [1.165, 1.54) is 13.8 Å². The molecule has 0 radical (unpaired) electrons. The van der Waals surface area contributed by atoms with Gasteiger partial charge in [-0.2, -0.15) is 0 Å². The Morgan fingerprint density at radius 2 is 1.62 bits per heavy atom. The smallest absolute Gasteiger partial charge is 0.324 e. The van der Waals surface area contributed by atoms with Crippen molar-refractivity contribution in [2.24, 2.45) is 5.41 Å². The van der Waals surface area contributed by atoms with Crippen molar-refractivity contribution in [3.8, 4) is 0 Å². The van der Waals surface area contributed by atoms with Gasteiger partial charge in [0, 0.05) is 0 Å². The van der Waals surface area contributed by atoms with E-state index in [0.717, 1.165) is 0 Å². The molecule has 16 heavy (non-hydrogen) atoms. The van der Waals surface area contributed by atoms with Crippen molar-refractivity contribution in [2.75, 3.05) is 6.16 Å². The molecule has 2 unspecified atom stereocenters. The predicted octanol–water partition coefficient (Wildman–Crippen LogP) is 2.76. The summed E-state index contributed by atoms with van der Waals surface area (Å²) in [5.41, 5.74) is -0.484. The fourth-order valence-corrected chi connectivity index (χ4v) is 4.48. The molecule has 6 nitrogen and oxygen atoms in total. The van der Waals surface area contributed by atoms with Crippen molar-refractivity contribution in [1.82, 2.24) is 0 Å². The van der Waals surface area contributed by atoms with Crippen molar-refractivity contribution in [3.63, 3.8) is 0 Å². The van der Waals surface area contributed by atoms with Crippen LogP contribution in [0.2, 0.25) is 0 Å². The van der Waals surface area contributed by atoms with E-state index in [4.69, 9.17) is 0 Å². The highest BCUT2D eigenvalue weighted by Gasteiger charge is 2.37. The fraction of sp³-hybridized carbons (Fsp3) is 1.00. The second-order valence-corrected chi connectivity index (χ2v) is 8.45. The van der Waals surface area contributed by atoms with Crippen LogP contribution in [0.15, 0.2) is 0 Å². The molecule has 8 heteroatoms. The molecule has 0 fully saturated rings. The summed E-state index contributed by atoms with van der Waals surface area (Å²) in [5, 5.41) is 0. The summed E-state index contributed by atoms with van der Waals surface area (Å²) in [7, 11) is -8.60. The predicted molar refractivity (Wildman–Crippen MR) is 61.3 cm³/mol. The van der Waals surface area contributed by atoms with Crippen molar-refractivity contribution in [2.45, 2.75) is 40.7 Å². The van der Waals surface area contributed by atoms with Gasteiger partial charge in [-0.15, -0.1) is 0 Å². The topological polar surface area (TPSA) is 93.1 Å². The number of hydrogen-bond acceptors (Lipinski definition) is 4. The first-order valence-corrected chi connectivity index (χ1v) is 8.13. The standard InChI is InChI=1S/C8H20O6P2/c1-7(2)13-16(11,12)14-15(9,10)6-8(3,4)5/h7H,6H2,1-5H3,(H,9,10)(H,11,12). The highest BCUT2D eigenvalue weighted by molar-refractivity contribution is 7.64. The minimum atomic E-state index is -4.47. The SMILES string of the molecule is CC(C)OP(=O)(O)OP(=O)(O)CC(C)(C)C. The number of rotatable bonds is 5. The third-order valence-electron chi connectivity index (χ3n) is 1.25. The molecule has 0 rings (SSSR count). The van der Waals surface area contributed by atoms with E-state index in [-0.39, 0.29) is 6.16 Å². The van der Waals surface area contributed by atoms with Gasteiger partial charge in [-0.1, -0.05) is 20.8 Å². The first-order chi connectivity index (χ1) is 6.83. The highest BCUT2D eigenvalue weighted by Crippen LogP contribution is 2.61. The normalized spacial score (nSPS) is 20.5. The molecule has 0 heterocycles. The Balaban J connectivity index is 4.59. The van der Waals surface area contributed by atoms with Crippen LogP contribution in [0.4, 0.5) is 0 Å². The lowest BCUT2D eigenvalue weighted by Gasteiger charge is -2.23. The van der Waals surface area contributed by atoms with Crippen LogP contribution in [-0.4, -0.2) is 22.1 Å². The lowest BCUT2D eigenvalue weighted by atomic mass is 10.0. The molecule has 0 bridgehead atoms. The summed E-state index contributed by atoms with van der Waals surface area (Å²) in [6.07, 6.45) is -0.781. The van der Waals surface area contributed by atoms with Gasteiger partial charge in [0.2, 0.25) is 0 Å². The number of phosphoric ester groups is 1. The molecule has 0 aliphatic carbocycles. The van der Waals surface area contributed by atoms with Crippen LogP contribution in [0.1, 0.15) is 34.6 Å². The molecule has 0 saturated carbocycles. The highest BCUT2D eigenvalue weighted by atomic mass is 31.3. The molecule has 0 aliphatic heterocycles. The van der Waals surface area contributed by atoms with Gasteiger partial charge < -0.3 is 9.79 Å². The Kier molecular flexibility index (Phi) is 5.40. The molecular weight excluding hydrogens is 254 g/mol. The van der Waals surface area contributed by atoms with Gasteiger partial charge >= 0.3 is 15.4 Å². The average molecular weight is 274 g/mol. The minimum Gasteiger partial charge on any atom is -0.324 e. The summed E-state index contributed by atoms with van der Waals surface area (Å²) in [5.74, 6) is 0. The van der Waals surface area contributed by atoms with Crippen LogP contribution < -0.4 is 0 Å². The molecule has 0 aromatic carbocycles. The average Bonchev–Trinajstić information content (AvgIpc) is 1.69. The lowest BCUT2D eigenvalue weighted by molar-refractivity contribution is 0.156. The third kappa shape index (κ3) is 8.45. The molecule has 0 aromatic rings.